The summed E-state index contributed by atoms with van der Waals surface area (Å²) in [6.45, 7) is 5.79. The number of nitrogens with zero attached hydrogens (tertiary/aromatic N) is 4. The first kappa shape index (κ1) is 19.9. The minimum Gasteiger partial charge on any atom is -0.455 e. The Bertz CT molecular complexity index is 1110. The molecule has 152 valence electrons. The van der Waals surface area contributed by atoms with Crippen molar-refractivity contribution < 1.29 is 4.74 Å². The standard InChI is InChI=1S/C25H26N4O/c1-19-24(20(2)29(27-19)22-11-5-4-6-12-22)18-28(3)17-21-10-7-8-14-25(21)30-23-13-9-15-26-16-23/h4-16H,17-18H2,1-3H3. The number of ether oxygens (including phenoxy) is 1. The van der Waals surface area contributed by atoms with E-state index in [0.29, 0.717) is 0 Å². The van der Waals surface area contributed by atoms with Gasteiger partial charge < -0.3 is 4.74 Å². The van der Waals surface area contributed by atoms with E-state index < -0.39 is 0 Å². The molecule has 0 saturated heterocycles. The maximum Gasteiger partial charge on any atom is 0.145 e. The molecule has 0 N–H and O–H groups in total. The van der Waals surface area contributed by atoms with Gasteiger partial charge in [-0.25, -0.2) is 4.68 Å². The molecule has 0 amide bonds. The molecule has 0 saturated carbocycles. The van der Waals surface area contributed by atoms with Crippen LogP contribution in [0.4, 0.5) is 0 Å². The highest BCUT2D eigenvalue weighted by molar-refractivity contribution is 5.38. The van der Waals surface area contributed by atoms with Crippen molar-refractivity contribution in [3.8, 4) is 17.2 Å². The summed E-state index contributed by atoms with van der Waals surface area (Å²) in [7, 11) is 2.12. The van der Waals surface area contributed by atoms with Gasteiger partial charge in [0.15, 0.2) is 0 Å². The first-order valence-electron chi connectivity index (χ1n) is 10.1. The number of aromatic nitrogens is 3. The number of benzene rings is 2. The zero-order chi connectivity index (χ0) is 20.9. The Morgan fingerprint density at radius 1 is 0.900 bits per heavy atom. The third-order valence-corrected chi connectivity index (χ3v) is 5.15. The molecule has 0 aliphatic rings. The van der Waals surface area contributed by atoms with Crippen LogP contribution in [0.2, 0.25) is 0 Å². The molecule has 2 heterocycles. The van der Waals surface area contributed by atoms with Crippen LogP contribution >= 0.6 is 0 Å². The molecule has 30 heavy (non-hydrogen) atoms. The third-order valence-electron chi connectivity index (χ3n) is 5.15. The predicted octanol–water partition coefficient (Wildman–Crippen LogP) is 5.31. The highest BCUT2D eigenvalue weighted by Crippen LogP contribution is 2.26. The van der Waals surface area contributed by atoms with E-state index in [-0.39, 0.29) is 0 Å². The van der Waals surface area contributed by atoms with Gasteiger partial charge in [-0.3, -0.25) is 9.88 Å². The average Bonchev–Trinajstić information content (AvgIpc) is 3.05. The number of rotatable bonds is 7. The van der Waals surface area contributed by atoms with E-state index in [1.165, 1.54) is 11.3 Å². The van der Waals surface area contributed by atoms with Crippen molar-refractivity contribution in [3.05, 3.63) is 102 Å². The molecule has 0 spiro atoms. The summed E-state index contributed by atoms with van der Waals surface area (Å²) >= 11 is 0. The molecule has 5 nitrogen and oxygen atoms in total. The van der Waals surface area contributed by atoms with Gasteiger partial charge >= 0.3 is 0 Å². The van der Waals surface area contributed by atoms with E-state index in [1.807, 2.05) is 53.2 Å². The van der Waals surface area contributed by atoms with Gasteiger partial charge in [0.25, 0.3) is 0 Å². The molecule has 4 rings (SSSR count). The maximum atomic E-state index is 6.06. The van der Waals surface area contributed by atoms with E-state index in [1.54, 1.807) is 12.4 Å². The Kier molecular flexibility index (Phi) is 5.91. The SMILES string of the molecule is Cc1nn(-c2ccccc2)c(C)c1CN(C)Cc1ccccc1Oc1cccnc1. The quantitative estimate of drug-likeness (QED) is 0.423. The van der Waals surface area contributed by atoms with Crippen molar-refractivity contribution in [2.24, 2.45) is 0 Å². The molecular formula is C25H26N4O. The largest absolute Gasteiger partial charge is 0.455 e. The zero-order valence-electron chi connectivity index (χ0n) is 17.6. The van der Waals surface area contributed by atoms with E-state index in [9.17, 15) is 0 Å². The molecule has 2 aromatic heterocycles. The Labute approximate surface area is 177 Å². The number of para-hydroxylation sites is 2. The van der Waals surface area contributed by atoms with Crippen LogP contribution in [0.15, 0.2) is 79.1 Å². The lowest BCUT2D eigenvalue weighted by atomic mass is 10.1. The van der Waals surface area contributed by atoms with Gasteiger partial charge in [0.1, 0.15) is 11.5 Å². The van der Waals surface area contributed by atoms with Crippen LogP contribution in [0.1, 0.15) is 22.5 Å². The third kappa shape index (κ3) is 4.42. The molecule has 0 bridgehead atoms. The van der Waals surface area contributed by atoms with Crippen LogP contribution in [0.25, 0.3) is 5.69 Å². The van der Waals surface area contributed by atoms with E-state index in [4.69, 9.17) is 9.84 Å². The molecule has 5 heteroatoms. The Hall–Kier alpha value is -3.44. The molecule has 0 radical (unpaired) electrons. The Balaban J connectivity index is 1.51. The lowest BCUT2D eigenvalue weighted by Gasteiger charge is -2.19. The summed E-state index contributed by atoms with van der Waals surface area (Å²) in [5, 5.41) is 4.77. The number of hydrogen-bond acceptors (Lipinski definition) is 4. The van der Waals surface area contributed by atoms with Crippen molar-refractivity contribution in [2.75, 3.05) is 7.05 Å². The van der Waals surface area contributed by atoms with Crippen LogP contribution < -0.4 is 4.74 Å². The van der Waals surface area contributed by atoms with Crippen molar-refractivity contribution in [2.45, 2.75) is 26.9 Å². The normalized spacial score (nSPS) is 11.1. The maximum absolute atomic E-state index is 6.06. The summed E-state index contributed by atoms with van der Waals surface area (Å²) in [4.78, 5) is 6.42. The minimum absolute atomic E-state index is 0.739. The summed E-state index contributed by atoms with van der Waals surface area (Å²) in [6, 6.07) is 22.2. The van der Waals surface area contributed by atoms with Gasteiger partial charge in [-0.15, -0.1) is 0 Å². The molecule has 0 fully saturated rings. The van der Waals surface area contributed by atoms with Crippen LogP contribution in [0.5, 0.6) is 11.5 Å². The van der Waals surface area contributed by atoms with E-state index >= 15 is 0 Å². The highest BCUT2D eigenvalue weighted by atomic mass is 16.5. The van der Waals surface area contributed by atoms with E-state index in [2.05, 4.69) is 49.0 Å². The van der Waals surface area contributed by atoms with Gasteiger partial charge in [0.05, 0.1) is 17.6 Å². The van der Waals surface area contributed by atoms with Crippen molar-refractivity contribution in [1.29, 1.82) is 0 Å². The average molecular weight is 399 g/mol. The molecule has 2 aromatic carbocycles. The summed E-state index contributed by atoms with van der Waals surface area (Å²) in [5.41, 5.74) is 5.71. The number of pyridine rings is 1. The topological polar surface area (TPSA) is 43.2 Å². The fraction of sp³-hybridized carbons (Fsp3) is 0.200. The smallest absolute Gasteiger partial charge is 0.145 e. The van der Waals surface area contributed by atoms with Crippen LogP contribution in [-0.4, -0.2) is 26.7 Å². The lowest BCUT2D eigenvalue weighted by molar-refractivity contribution is 0.312. The highest BCUT2D eigenvalue weighted by Gasteiger charge is 2.15. The molecule has 0 aliphatic heterocycles. The van der Waals surface area contributed by atoms with Crippen molar-refractivity contribution in [1.82, 2.24) is 19.7 Å². The van der Waals surface area contributed by atoms with Gasteiger partial charge in [-0.1, -0.05) is 36.4 Å². The lowest BCUT2D eigenvalue weighted by Crippen LogP contribution is -2.18. The summed E-state index contributed by atoms with van der Waals surface area (Å²) < 4.78 is 8.09. The van der Waals surface area contributed by atoms with Crippen LogP contribution in [0, 0.1) is 13.8 Å². The second-order valence-corrected chi connectivity index (χ2v) is 7.47. The van der Waals surface area contributed by atoms with Crippen LogP contribution in [-0.2, 0) is 13.1 Å². The summed E-state index contributed by atoms with van der Waals surface area (Å²) in [5.74, 6) is 1.59. The zero-order valence-corrected chi connectivity index (χ0v) is 17.6. The number of hydrogen-bond donors (Lipinski definition) is 0. The molecule has 0 atom stereocenters. The van der Waals surface area contributed by atoms with E-state index in [0.717, 1.165) is 41.5 Å². The molecular weight excluding hydrogens is 372 g/mol. The minimum atomic E-state index is 0.739. The first-order chi connectivity index (χ1) is 14.6. The van der Waals surface area contributed by atoms with Crippen molar-refractivity contribution >= 4 is 0 Å². The van der Waals surface area contributed by atoms with Crippen molar-refractivity contribution in [3.63, 3.8) is 0 Å². The van der Waals surface area contributed by atoms with Crippen LogP contribution in [0.3, 0.4) is 0 Å². The number of aryl methyl sites for hydroxylation is 1. The van der Waals surface area contributed by atoms with Gasteiger partial charge in [-0.05, 0) is 51.2 Å². The van der Waals surface area contributed by atoms with Gasteiger partial charge in [0.2, 0.25) is 0 Å². The second kappa shape index (κ2) is 8.93. The Morgan fingerprint density at radius 2 is 1.67 bits per heavy atom. The summed E-state index contributed by atoms with van der Waals surface area (Å²) in [6.07, 6.45) is 3.47. The first-order valence-corrected chi connectivity index (χ1v) is 10.1. The fourth-order valence-electron chi connectivity index (χ4n) is 3.61. The Morgan fingerprint density at radius 3 is 2.43 bits per heavy atom. The fourth-order valence-corrected chi connectivity index (χ4v) is 3.61. The molecule has 0 aliphatic carbocycles. The second-order valence-electron chi connectivity index (χ2n) is 7.47. The molecule has 4 aromatic rings. The predicted molar refractivity (Wildman–Crippen MR) is 119 cm³/mol. The van der Waals surface area contributed by atoms with Gasteiger partial charge in [0, 0.05) is 36.1 Å². The van der Waals surface area contributed by atoms with Gasteiger partial charge in [-0.2, -0.15) is 5.10 Å². The molecule has 0 unspecified atom stereocenters. The monoisotopic (exact) mass is 398 g/mol.